The molecule has 2 aliphatic carbocycles. The van der Waals surface area contributed by atoms with Crippen LogP contribution in [0.1, 0.15) is 37.7 Å². The van der Waals surface area contributed by atoms with Gasteiger partial charge in [0.25, 0.3) is 0 Å². The molecule has 3 atom stereocenters. The van der Waals surface area contributed by atoms with Gasteiger partial charge in [0.05, 0.1) is 5.92 Å². The molecule has 108 valence electrons. The van der Waals surface area contributed by atoms with Crippen molar-refractivity contribution in [3.63, 3.8) is 0 Å². The molecule has 0 aliphatic heterocycles. The third-order valence-electron chi connectivity index (χ3n) is 4.24. The molecule has 0 bridgehead atoms. The van der Waals surface area contributed by atoms with E-state index >= 15 is 0 Å². The summed E-state index contributed by atoms with van der Waals surface area (Å²) in [5, 5.41) is 13.2. The van der Waals surface area contributed by atoms with E-state index in [0.717, 1.165) is 19.3 Å². The first-order chi connectivity index (χ1) is 9.58. The molecule has 3 rings (SSSR count). The number of amides is 1. The smallest absolute Gasteiger partial charge is 0.308 e. The molecule has 1 unspecified atom stereocenters. The zero-order valence-corrected chi connectivity index (χ0v) is 12.3. The molecule has 20 heavy (non-hydrogen) atoms. The van der Waals surface area contributed by atoms with Crippen LogP contribution in [0.5, 0.6) is 0 Å². The molecular weight excluding hydrogens is 274 g/mol. The SMILES string of the molecule is CC(CN(C(=O)[C@@H]1C[C@H]1c1ccsc1)C1CC1)C(=O)O. The summed E-state index contributed by atoms with van der Waals surface area (Å²) in [6.45, 7) is 2.03. The fraction of sp³-hybridized carbons (Fsp3) is 0.600. The third-order valence-corrected chi connectivity index (χ3v) is 4.94. The summed E-state index contributed by atoms with van der Waals surface area (Å²) in [4.78, 5) is 25.4. The van der Waals surface area contributed by atoms with Gasteiger partial charge in [-0.15, -0.1) is 0 Å². The Hall–Kier alpha value is -1.36. The van der Waals surface area contributed by atoms with E-state index in [0.29, 0.717) is 12.5 Å². The van der Waals surface area contributed by atoms with Gasteiger partial charge in [0.15, 0.2) is 0 Å². The maximum atomic E-state index is 12.6. The van der Waals surface area contributed by atoms with Crippen LogP contribution < -0.4 is 0 Å². The van der Waals surface area contributed by atoms with E-state index in [1.165, 1.54) is 5.56 Å². The number of carboxylic acids is 1. The molecule has 1 heterocycles. The largest absolute Gasteiger partial charge is 0.481 e. The van der Waals surface area contributed by atoms with Gasteiger partial charge in [-0.1, -0.05) is 6.92 Å². The lowest BCUT2D eigenvalue weighted by molar-refractivity contribution is -0.143. The number of thiophene rings is 1. The second-order valence-electron chi connectivity index (χ2n) is 5.97. The van der Waals surface area contributed by atoms with Crippen LogP contribution >= 0.6 is 11.3 Å². The standard InChI is InChI=1S/C15H19NO3S/c1-9(15(18)19)7-16(11-2-3-11)14(17)13-6-12(13)10-4-5-20-8-10/h4-5,8-9,11-13H,2-3,6-7H2,1H3,(H,18,19)/t9?,12-,13+/m0/s1. The van der Waals surface area contributed by atoms with Crippen molar-refractivity contribution in [3.8, 4) is 0 Å². The summed E-state index contributed by atoms with van der Waals surface area (Å²) in [5.74, 6) is -0.718. The molecule has 4 nitrogen and oxygen atoms in total. The second kappa shape index (κ2) is 5.20. The molecule has 5 heteroatoms. The predicted molar refractivity (Wildman–Crippen MR) is 76.7 cm³/mol. The van der Waals surface area contributed by atoms with Gasteiger partial charge in [0.1, 0.15) is 0 Å². The summed E-state index contributed by atoms with van der Waals surface area (Å²) in [5.41, 5.74) is 1.26. The maximum absolute atomic E-state index is 12.6. The lowest BCUT2D eigenvalue weighted by atomic mass is 10.1. The normalized spacial score (nSPS) is 26.1. The average molecular weight is 293 g/mol. The first-order valence-electron chi connectivity index (χ1n) is 7.13. The Morgan fingerprint density at radius 1 is 1.50 bits per heavy atom. The van der Waals surface area contributed by atoms with Crippen LogP contribution in [0.25, 0.3) is 0 Å². The second-order valence-corrected chi connectivity index (χ2v) is 6.75. The van der Waals surface area contributed by atoms with Gasteiger partial charge in [0, 0.05) is 18.5 Å². The highest BCUT2D eigenvalue weighted by Crippen LogP contribution is 2.50. The van der Waals surface area contributed by atoms with Crippen LogP contribution in [-0.4, -0.2) is 34.5 Å². The Morgan fingerprint density at radius 2 is 2.25 bits per heavy atom. The van der Waals surface area contributed by atoms with Crippen molar-refractivity contribution >= 4 is 23.2 Å². The number of rotatable bonds is 6. The number of hydrogen-bond acceptors (Lipinski definition) is 3. The van der Waals surface area contributed by atoms with Crippen LogP contribution in [0.3, 0.4) is 0 Å². The fourth-order valence-electron chi connectivity index (χ4n) is 2.71. The number of nitrogens with zero attached hydrogens (tertiary/aromatic N) is 1. The number of aliphatic carboxylic acids is 1. The van der Waals surface area contributed by atoms with E-state index in [-0.39, 0.29) is 17.9 Å². The minimum Gasteiger partial charge on any atom is -0.481 e. The molecule has 2 aliphatic rings. The molecule has 1 N–H and O–H groups in total. The van der Waals surface area contributed by atoms with Crippen molar-refractivity contribution in [2.24, 2.45) is 11.8 Å². The highest BCUT2D eigenvalue weighted by molar-refractivity contribution is 7.08. The van der Waals surface area contributed by atoms with Crippen molar-refractivity contribution in [2.75, 3.05) is 6.54 Å². The van der Waals surface area contributed by atoms with Crippen molar-refractivity contribution in [1.29, 1.82) is 0 Å². The van der Waals surface area contributed by atoms with E-state index in [4.69, 9.17) is 5.11 Å². The van der Waals surface area contributed by atoms with Crippen molar-refractivity contribution in [3.05, 3.63) is 22.4 Å². The quantitative estimate of drug-likeness (QED) is 0.877. The van der Waals surface area contributed by atoms with Gasteiger partial charge in [-0.3, -0.25) is 9.59 Å². The van der Waals surface area contributed by atoms with Gasteiger partial charge in [-0.2, -0.15) is 11.3 Å². The van der Waals surface area contributed by atoms with Crippen LogP contribution in [-0.2, 0) is 9.59 Å². The number of carboxylic acid groups (broad SMARTS) is 1. The Bertz CT molecular complexity index is 509. The molecule has 1 aromatic rings. The van der Waals surface area contributed by atoms with Crippen molar-refractivity contribution in [2.45, 2.75) is 38.1 Å². The topological polar surface area (TPSA) is 57.6 Å². The first-order valence-corrected chi connectivity index (χ1v) is 8.07. The summed E-state index contributed by atoms with van der Waals surface area (Å²) in [7, 11) is 0. The van der Waals surface area contributed by atoms with Gasteiger partial charge in [-0.25, -0.2) is 0 Å². The number of carbonyl (C=O) groups excluding carboxylic acids is 1. The summed E-state index contributed by atoms with van der Waals surface area (Å²) < 4.78 is 0. The summed E-state index contributed by atoms with van der Waals surface area (Å²) in [6.07, 6.45) is 2.96. The molecule has 1 aromatic heterocycles. The zero-order chi connectivity index (χ0) is 14.3. The Kier molecular flexibility index (Phi) is 3.54. The summed E-state index contributed by atoms with van der Waals surface area (Å²) >= 11 is 1.66. The Morgan fingerprint density at radius 3 is 2.80 bits per heavy atom. The highest BCUT2D eigenvalue weighted by Gasteiger charge is 2.48. The van der Waals surface area contributed by atoms with Crippen LogP contribution in [0, 0.1) is 11.8 Å². The van der Waals surface area contributed by atoms with Gasteiger partial charge in [-0.05, 0) is 47.6 Å². The van der Waals surface area contributed by atoms with E-state index in [9.17, 15) is 9.59 Å². The summed E-state index contributed by atoms with van der Waals surface area (Å²) in [6, 6.07) is 2.37. The lowest BCUT2D eigenvalue weighted by Gasteiger charge is -2.24. The van der Waals surface area contributed by atoms with E-state index in [1.807, 2.05) is 10.3 Å². The van der Waals surface area contributed by atoms with Crippen molar-refractivity contribution < 1.29 is 14.7 Å². The van der Waals surface area contributed by atoms with Crippen LogP contribution in [0.4, 0.5) is 0 Å². The van der Waals surface area contributed by atoms with Gasteiger partial charge in [0.2, 0.25) is 5.91 Å². The molecular formula is C15H19NO3S. The molecule has 0 radical (unpaired) electrons. The molecule has 0 spiro atoms. The first kappa shape index (κ1) is 13.6. The molecule has 2 saturated carbocycles. The van der Waals surface area contributed by atoms with Crippen molar-refractivity contribution in [1.82, 2.24) is 4.90 Å². The average Bonchev–Trinajstić information content (AvgIpc) is 3.34. The van der Waals surface area contributed by atoms with E-state index in [2.05, 4.69) is 11.4 Å². The van der Waals surface area contributed by atoms with Crippen LogP contribution in [0.2, 0.25) is 0 Å². The third kappa shape index (κ3) is 2.73. The zero-order valence-electron chi connectivity index (χ0n) is 11.5. The number of carbonyl (C=O) groups is 2. The molecule has 1 amide bonds. The fourth-order valence-corrected chi connectivity index (χ4v) is 3.44. The van der Waals surface area contributed by atoms with E-state index < -0.39 is 11.9 Å². The maximum Gasteiger partial charge on any atom is 0.308 e. The highest BCUT2D eigenvalue weighted by atomic mass is 32.1. The Labute approximate surface area is 122 Å². The minimum absolute atomic E-state index is 0.0752. The van der Waals surface area contributed by atoms with Crippen LogP contribution in [0.15, 0.2) is 16.8 Å². The minimum atomic E-state index is -0.825. The monoisotopic (exact) mass is 293 g/mol. The molecule has 0 saturated heterocycles. The number of hydrogen-bond donors (Lipinski definition) is 1. The van der Waals surface area contributed by atoms with E-state index in [1.54, 1.807) is 18.3 Å². The molecule has 0 aromatic carbocycles. The lowest BCUT2D eigenvalue weighted by Crippen LogP contribution is -2.39. The Balaban J connectivity index is 1.64. The molecule has 2 fully saturated rings. The predicted octanol–water partition coefficient (Wildman–Crippen LogP) is 2.56. The van der Waals surface area contributed by atoms with Gasteiger partial charge >= 0.3 is 5.97 Å². The van der Waals surface area contributed by atoms with Gasteiger partial charge < -0.3 is 10.0 Å².